The first-order valence-corrected chi connectivity index (χ1v) is 9.59. The maximum atomic E-state index is 12.0. The largest absolute Gasteiger partial charge is 0.465 e. The van der Waals surface area contributed by atoms with Gasteiger partial charge in [0.15, 0.2) is 0 Å². The maximum absolute atomic E-state index is 12.0. The molecule has 1 heterocycles. The number of aliphatic hydroxyl groups is 1. The van der Waals surface area contributed by atoms with Crippen LogP contribution in [0.25, 0.3) is 21.8 Å². The fraction of sp³-hybridized carbons (Fsp3) is 0.0870. The average Bonchev–Trinajstić information content (AvgIpc) is 2.77. The third-order valence-corrected chi connectivity index (χ3v) is 4.72. The minimum atomic E-state index is -1.28. The summed E-state index contributed by atoms with van der Waals surface area (Å²) >= 11 is 0. The summed E-state index contributed by atoms with van der Waals surface area (Å²) in [4.78, 5) is 27.3. The molecule has 0 aliphatic rings. The second kappa shape index (κ2) is 8.68. The molecule has 8 heteroatoms. The van der Waals surface area contributed by atoms with Crippen molar-refractivity contribution in [3.63, 3.8) is 0 Å². The lowest BCUT2D eigenvalue weighted by Gasteiger charge is -2.15. The first kappa shape index (κ1) is 20.1. The number of carbonyl (C=O) groups is 2. The number of carboxylic acid groups (broad SMARTS) is 1. The quantitative estimate of drug-likeness (QED) is 0.304. The average molecular weight is 416 g/mol. The van der Waals surface area contributed by atoms with Gasteiger partial charge >= 0.3 is 6.09 Å². The summed E-state index contributed by atoms with van der Waals surface area (Å²) in [5.41, 5.74) is 4.24. The van der Waals surface area contributed by atoms with Crippen LogP contribution in [0.5, 0.6) is 0 Å². The molecule has 3 aromatic carbocycles. The molecule has 0 bridgehead atoms. The van der Waals surface area contributed by atoms with Crippen molar-refractivity contribution < 1.29 is 19.8 Å². The van der Waals surface area contributed by atoms with Gasteiger partial charge in [0.05, 0.1) is 23.3 Å². The van der Waals surface area contributed by atoms with E-state index < -0.39 is 12.0 Å². The normalized spacial score (nSPS) is 10.7. The van der Waals surface area contributed by atoms with Crippen molar-refractivity contribution >= 4 is 50.9 Å². The van der Waals surface area contributed by atoms with E-state index in [1.54, 1.807) is 18.2 Å². The Bertz CT molecular complexity index is 1240. The SMILES string of the molecule is O=C(O)NCC(=O)Nc1cc(CO)cc(Nc2c3ccccc3nc3ccccc23)c1. The van der Waals surface area contributed by atoms with E-state index in [-0.39, 0.29) is 13.2 Å². The number of para-hydroxylation sites is 2. The van der Waals surface area contributed by atoms with Gasteiger partial charge in [0.25, 0.3) is 0 Å². The summed E-state index contributed by atoms with van der Waals surface area (Å²) in [6.45, 7) is -0.593. The zero-order chi connectivity index (χ0) is 21.8. The van der Waals surface area contributed by atoms with E-state index in [1.165, 1.54) is 0 Å². The number of amides is 2. The Morgan fingerprint density at radius 1 is 0.871 bits per heavy atom. The molecule has 0 aliphatic heterocycles. The number of hydrogen-bond donors (Lipinski definition) is 5. The van der Waals surface area contributed by atoms with Crippen LogP contribution in [0.3, 0.4) is 0 Å². The van der Waals surface area contributed by atoms with Crippen molar-refractivity contribution in [2.45, 2.75) is 6.61 Å². The van der Waals surface area contributed by atoms with Crippen LogP contribution in [0.2, 0.25) is 0 Å². The number of hydrogen-bond acceptors (Lipinski definition) is 5. The van der Waals surface area contributed by atoms with Crippen molar-refractivity contribution in [2.24, 2.45) is 0 Å². The smallest absolute Gasteiger partial charge is 0.405 e. The van der Waals surface area contributed by atoms with Gasteiger partial charge in [-0.25, -0.2) is 9.78 Å². The minimum absolute atomic E-state index is 0.219. The van der Waals surface area contributed by atoms with Crippen molar-refractivity contribution in [1.82, 2.24) is 10.3 Å². The van der Waals surface area contributed by atoms with Gasteiger partial charge in [-0.15, -0.1) is 0 Å². The lowest BCUT2D eigenvalue weighted by Crippen LogP contribution is -2.31. The summed E-state index contributed by atoms with van der Waals surface area (Å²) in [6.07, 6.45) is -1.28. The van der Waals surface area contributed by atoms with Crippen LogP contribution in [0.1, 0.15) is 5.56 Å². The Balaban J connectivity index is 1.73. The molecule has 1 aromatic heterocycles. The summed E-state index contributed by atoms with van der Waals surface area (Å²) < 4.78 is 0. The number of benzene rings is 3. The summed E-state index contributed by atoms with van der Waals surface area (Å²) in [7, 11) is 0. The predicted octanol–water partition coefficient (Wildman–Crippen LogP) is 3.83. The molecule has 0 fully saturated rings. The van der Waals surface area contributed by atoms with Gasteiger partial charge in [-0.3, -0.25) is 4.79 Å². The number of pyridine rings is 1. The van der Waals surface area contributed by atoms with E-state index in [4.69, 9.17) is 10.1 Å². The number of fused-ring (bicyclic) bond motifs is 2. The van der Waals surface area contributed by atoms with E-state index in [0.29, 0.717) is 16.9 Å². The molecule has 156 valence electrons. The standard InChI is InChI=1S/C23H20N4O4/c28-13-14-9-15(25-21(29)12-24-23(30)31)11-16(10-14)26-22-17-5-1-3-7-19(17)27-20-8-4-2-6-18(20)22/h1-11,24,28H,12-13H2,(H,25,29)(H,26,27)(H,30,31). The molecule has 2 amide bonds. The molecule has 0 radical (unpaired) electrons. The fourth-order valence-corrected chi connectivity index (χ4v) is 3.41. The van der Waals surface area contributed by atoms with Crippen molar-refractivity contribution in [3.8, 4) is 0 Å². The van der Waals surface area contributed by atoms with Gasteiger partial charge < -0.3 is 26.2 Å². The second-order valence-corrected chi connectivity index (χ2v) is 6.93. The minimum Gasteiger partial charge on any atom is -0.465 e. The Morgan fingerprint density at radius 2 is 1.48 bits per heavy atom. The van der Waals surface area contributed by atoms with Gasteiger partial charge in [0.2, 0.25) is 5.91 Å². The van der Waals surface area contributed by atoms with Gasteiger partial charge in [0, 0.05) is 22.1 Å². The third-order valence-electron chi connectivity index (χ3n) is 4.72. The molecule has 0 saturated heterocycles. The fourth-order valence-electron chi connectivity index (χ4n) is 3.41. The second-order valence-electron chi connectivity index (χ2n) is 6.93. The van der Waals surface area contributed by atoms with E-state index in [1.807, 2.05) is 53.8 Å². The Labute approximate surface area is 177 Å². The number of aliphatic hydroxyl groups excluding tert-OH is 1. The van der Waals surface area contributed by atoms with Gasteiger partial charge in [-0.05, 0) is 35.9 Å². The van der Waals surface area contributed by atoms with Crippen LogP contribution in [0.4, 0.5) is 21.9 Å². The van der Waals surface area contributed by atoms with E-state index >= 15 is 0 Å². The Kier molecular flexibility index (Phi) is 5.63. The molecular weight excluding hydrogens is 396 g/mol. The Hall–Kier alpha value is -4.17. The molecule has 4 aromatic rings. The van der Waals surface area contributed by atoms with E-state index in [0.717, 1.165) is 27.5 Å². The molecule has 5 N–H and O–H groups in total. The molecule has 0 atom stereocenters. The highest BCUT2D eigenvalue weighted by atomic mass is 16.4. The number of nitrogens with one attached hydrogen (secondary N) is 3. The van der Waals surface area contributed by atoms with Crippen LogP contribution in [0, 0.1) is 0 Å². The monoisotopic (exact) mass is 416 g/mol. The van der Waals surface area contributed by atoms with Crippen LogP contribution in [-0.4, -0.2) is 33.7 Å². The van der Waals surface area contributed by atoms with Crippen molar-refractivity contribution in [3.05, 3.63) is 72.3 Å². The highest BCUT2D eigenvalue weighted by Gasteiger charge is 2.11. The van der Waals surface area contributed by atoms with Gasteiger partial charge in [-0.2, -0.15) is 0 Å². The number of rotatable bonds is 6. The number of aromatic nitrogens is 1. The van der Waals surface area contributed by atoms with Crippen molar-refractivity contribution in [2.75, 3.05) is 17.2 Å². The summed E-state index contributed by atoms with van der Waals surface area (Å²) in [6, 6.07) is 20.7. The molecule has 0 unspecified atom stereocenters. The van der Waals surface area contributed by atoms with Crippen LogP contribution in [-0.2, 0) is 11.4 Å². The highest BCUT2D eigenvalue weighted by Crippen LogP contribution is 2.34. The van der Waals surface area contributed by atoms with Gasteiger partial charge in [0.1, 0.15) is 6.54 Å². The summed E-state index contributed by atoms with van der Waals surface area (Å²) in [5.74, 6) is -0.511. The molecule has 31 heavy (non-hydrogen) atoms. The van der Waals surface area contributed by atoms with Gasteiger partial charge in [-0.1, -0.05) is 36.4 Å². The first-order valence-electron chi connectivity index (χ1n) is 9.59. The molecule has 0 spiro atoms. The molecule has 0 aliphatic carbocycles. The molecule has 0 saturated carbocycles. The summed E-state index contributed by atoms with van der Waals surface area (Å²) in [5, 5.41) is 28.3. The highest BCUT2D eigenvalue weighted by molar-refractivity contribution is 6.08. The number of carbonyl (C=O) groups excluding carboxylic acids is 1. The van der Waals surface area contributed by atoms with E-state index in [2.05, 4.69) is 10.6 Å². The zero-order valence-electron chi connectivity index (χ0n) is 16.4. The Morgan fingerprint density at radius 3 is 2.10 bits per heavy atom. The number of nitrogens with zero attached hydrogens (tertiary/aromatic N) is 1. The maximum Gasteiger partial charge on any atom is 0.405 e. The molecule has 4 rings (SSSR count). The van der Waals surface area contributed by atoms with Crippen LogP contribution < -0.4 is 16.0 Å². The predicted molar refractivity (Wildman–Crippen MR) is 120 cm³/mol. The lowest BCUT2D eigenvalue weighted by atomic mass is 10.1. The number of anilines is 3. The molecule has 8 nitrogen and oxygen atoms in total. The zero-order valence-corrected chi connectivity index (χ0v) is 16.4. The van der Waals surface area contributed by atoms with Crippen molar-refractivity contribution in [1.29, 1.82) is 0 Å². The van der Waals surface area contributed by atoms with E-state index in [9.17, 15) is 14.7 Å². The molecular formula is C23H20N4O4. The van der Waals surface area contributed by atoms with Crippen LogP contribution >= 0.6 is 0 Å². The first-order chi connectivity index (χ1) is 15.0. The van der Waals surface area contributed by atoms with Crippen LogP contribution in [0.15, 0.2) is 66.7 Å². The topological polar surface area (TPSA) is 124 Å². The lowest BCUT2D eigenvalue weighted by molar-refractivity contribution is -0.115. The third kappa shape index (κ3) is 4.54.